The maximum Gasteiger partial charge on any atom is 0.140 e. The molecule has 1 heterocycles. The van der Waals surface area contributed by atoms with Gasteiger partial charge >= 0.3 is 0 Å². The molecule has 0 aromatic carbocycles. The van der Waals surface area contributed by atoms with Crippen molar-refractivity contribution in [3.8, 4) is 5.75 Å². The zero-order valence-corrected chi connectivity index (χ0v) is 9.42. The van der Waals surface area contributed by atoms with Crippen molar-refractivity contribution in [1.29, 1.82) is 0 Å². The predicted molar refractivity (Wildman–Crippen MR) is 62.2 cm³/mol. The van der Waals surface area contributed by atoms with Gasteiger partial charge in [0, 0.05) is 12.7 Å². The molecule has 0 aliphatic carbocycles. The molecule has 1 rings (SSSR count). The highest BCUT2D eigenvalue weighted by molar-refractivity contribution is 5.25. The summed E-state index contributed by atoms with van der Waals surface area (Å²) in [6, 6.07) is 3.79. The summed E-state index contributed by atoms with van der Waals surface area (Å²) in [4.78, 5) is 4.15. The van der Waals surface area contributed by atoms with E-state index in [1.807, 2.05) is 19.1 Å². The predicted octanol–water partition coefficient (Wildman–Crippen LogP) is 1.93. The maximum atomic E-state index is 5.59. The van der Waals surface area contributed by atoms with E-state index in [4.69, 9.17) is 4.74 Å². The lowest BCUT2D eigenvalue weighted by Gasteiger charge is -2.10. The Morgan fingerprint density at radius 1 is 1.60 bits per heavy atom. The number of hydrogen-bond acceptors (Lipinski definition) is 3. The van der Waals surface area contributed by atoms with Crippen LogP contribution in [0.3, 0.4) is 0 Å². The molecule has 0 aliphatic rings. The highest BCUT2D eigenvalue weighted by Gasteiger charge is 2.00. The molecule has 0 radical (unpaired) electrons. The number of aromatic nitrogens is 1. The third-order valence-electron chi connectivity index (χ3n) is 2.02. The molecule has 0 fully saturated rings. The maximum absolute atomic E-state index is 5.59. The molecule has 82 valence electrons. The van der Waals surface area contributed by atoms with Crippen molar-refractivity contribution < 1.29 is 4.74 Å². The van der Waals surface area contributed by atoms with Crippen LogP contribution in [-0.4, -0.2) is 24.7 Å². The Balaban J connectivity index is 2.37. The molecule has 1 aromatic heterocycles. The van der Waals surface area contributed by atoms with E-state index in [2.05, 4.69) is 23.8 Å². The summed E-state index contributed by atoms with van der Waals surface area (Å²) < 4.78 is 5.59. The lowest BCUT2D eigenvalue weighted by Crippen LogP contribution is -2.19. The fourth-order valence-electron chi connectivity index (χ4n) is 1.15. The summed E-state index contributed by atoms with van der Waals surface area (Å²) in [6.07, 6.45) is 1.76. The van der Waals surface area contributed by atoms with Gasteiger partial charge in [0.15, 0.2) is 0 Å². The molecule has 0 atom stereocenters. The monoisotopic (exact) mass is 206 g/mol. The number of rotatable bonds is 6. The Bertz CT molecular complexity index is 323. The van der Waals surface area contributed by atoms with Gasteiger partial charge in [-0.1, -0.05) is 13.5 Å². The van der Waals surface area contributed by atoms with Gasteiger partial charge in [-0.25, -0.2) is 0 Å². The lowest BCUT2D eigenvalue weighted by molar-refractivity contribution is 0.344. The summed E-state index contributed by atoms with van der Waals surface area (Å²) in [5, 5.41) is 3.20. The van der Waals surface area contributed by atoms with E-state index in [-0.39, 0.29) is 0 Å². The Labute approximate surface area is 91.2 Å². The van der Waals surface area contributed by atoms with Crippen LogP contribution in [0.2, 0.25) is 0 Å². The minimum Gasteiger partial charge on any atom is -0.487 e. The highest BCUT2D eigenvalue weighted by atomic mass is 16.5. The van der Waals surface area contributed by atoms with E-state index < -0.39 is 0 Å². The molecule has 0 aliphatic heterocycles. The minimum atomic E-state index is 0.541. The van der Waals surface area contributed by atoms with E-state index in [1.54, 1.807) is 6.20 Å². The SMILES string of the molecule is C=C(CNCC)COc1cccnc1C. The van der Waals surface area contributed by atoms with Crippen LogP contribution in [0.25, 0.3) is 0 Å². The average molecular weight is 206 g/mol. The molecule has 1 aromatic rings. The molecular formula is C12H18N2O. The molecule has 0 saturated heterocycles. The molecule has 0 saturated carbocycles. The number of likely N-dealkylation sites (N-methyl/N-ethyl adjacent to an activating group) is 1. The van der Waals surface area contributed by atoms with Gasteiger partial charge in [0.1, 0.15) is 12.4 Å². The Kier molecular flexibility index (Phi) is 4.84. The van der Waals surface area contributed by atoms with Gasteiger partial charge < -0.3 is 10.1 Å². The zero-order valence-electron chi connectivity index (χ0n) is 9.42. The van der Waals surface area contributed by atoms with Gasteiger partial charge in [0.25, 0.3) is 0 Å². The van der Waals surface area contributed by atoms with Crippen molar-refractivity contribution in [2.45, 2.75) is 13.8 Å². The average Bonchev–Trinajstić information content (AvgIpc) is 2.25. The molecule has 15 heavy (non-hydrogen) atoms. The third kappa shape index (κ3) is 4.13. The first-order valence-electron chi connectivity index (χ1n) is 5.15. The number of nitrogens with zero attached hydrogens (tertiary/aromatic N) is 1. The second kappa shape index (κ2) is 6.19. The van der Waals surface area contributed by atoms with Crippen LogP contribution in [-0.2, 0) is 0 Å². The third-order valence-corrected chi connectivity index (χ3v) is 2.02. The molecular weight excluding hydrogens is 188 g/mol. The second-order valence-corrected chi connectivity index (χ2v) is 3.41. The first kappa shape index (κ1) is 11.7. The Morgan fingerprint density at radius 2 is 2.40 bits per heavy atom. The normalized spacial score (nSPS) is 10.0. The summed E-state index contributed by atoms with van der Waals surface area (Å²) >= 11 is 0. The van der Waals surface area contributed by atoms with Crippen LogP contribution in [0.4, 0.5) is 0 Å². The highest BCUT2D eigenvalue weighted by Crippen LogP contribution is 2.13. The van der Waals surface area contributed by atoms with Crippen LogP contribution in [0.5, 0.6) is 5.75 Å². The number of ether oxygens (including phenoxy) is 1. The Hall–Kier alpha value is -1.35. The Morgan fingerprint density at radius 3 is 3.07 bits per heavy atom. The quantitative estimate of drug-likeness (QED) is 0.722. The number of pyridine rings is 1. The van der Waals surface area contributed by atoms with Gasteiger partial charge in [-0.15, -0.1) is 0 Å². The van der Waals surface area contributed by atoms with Crippen molar-refractivity contribution >= 4 is 0 Å². The standard InChI is InChI=1S/C12H18N2O/c1-4-13-8-10(2)9-15-12-6-5-7-14-11(12)3/h5-7,13H,2,4,8-9H2,1,3H3. The van der Waals surface area contributed by atoms with Crippen molar-refractivity contribution in [3.05, 3.63) is 36.2 Å². The van der Waals surface area contributed by atoms with Crippen LogP contribution in [0.1, 0.15) is 12.6 Å². The number of nitrogens with one attached hydrogen (secondary N) is 1. The zero-order chi connectivity index (χ0) is 11.1. The van der Waals surface area contributed by atoms with Crippen LogP contribution < -0.4 is 10.1 Å². The van der Waals surface area contributed by atoms with Crippen LogP contribution in [0.15, 0.2) is 30.5 Å². The number of aryl methyl sites for hydroxylation is 1. The summed E-state index contributed by atoms with van der Waals surface area (Å²) in [6.45, 7) is 10.2. The van der Waals surface area contributed by atoms with Gasteiger partial charge in [-0.05, 0) is 31.2 Å². The van der Waals surface area contributed by atoms with Crippen molar-refractivity contribution in [2.24, 2.45) is 0 Å². The molecule has 3 nitrogen and oxygen atoms in total. The van der Waals surface area contributed by atoms with Crippen molar-refractivity contribution in [3.63, 3.8) is 0 Å². The lowest BCUT2D eigenvalue weighted by atomic mass is 10.3. The van der Waals surface area contributed by atoms with Crippen molar-refractivity contribution in [1.82, 2.24) is 10.3 Å². The minimum absolute atomic E-state index is 0.541. The smallest absolute Gasteiger partial charge is 0.140 e. The second-order valence-electron chi connectivity index (χ2n) is 3.41. The summed E-state index contributed by atoms with van der Waals surface area (Å²) in [5.41, 5.74) is 1.95. The first-order valence-corrected chi connectivity index (χ1v) is 5.15. The van der Waals surface area contributed by atoms with Gasteiger partial charge in [0.05, 0.1) is 5.69 Å². The molecule has 0 amide bonds. The van der Waals surface area contributed by atoms with E-state index >= 15 is 0 Å². The topological polar surface area (TPSA) is 34.1 Å². The van der Waals surface area contributed by atoms with Crippen molar-refractivity contribution in [2.75, 3.05) is 19.7 Å². The molecule has 0 unspecified atom stereocenters. The fraction of sp³-hybridized carbons (Fsp3) is 0.417. The first-order chi connectivity index (χ1) is 7.24. The summed E-state index contributed by atoms with van der Waals surface area (Å²) in [7, 11) is 0. The van der Waals surface area contributed by atoms with Gasteiger partial charge in [-0.3, -0.25) is 4.98 Å². The summed E-state index contributed by atoms with van der Waals surface area (Å²) in [5.74, 6) is 0.829. The largest absolute Gasteiger partial charge is 0.487 e. The van der Waals surface area contributed by atoms with E-state index in [1.165, 1.54) is 0 Å². The van der Waals surface area contributed by atoms with E-state index in [0.717, 1.165) is 30.1 Å². The van der Waals surface area contributed by atoms with Crippen LogP contribution in [0, 0.1) is 6.92 Å². The fourth-order valence-corrected chi connectivity index (χ4v) is 1.15. The molecule has 0 spiro atoms. The van der Waals surface area contributed by atoms with Crippen LogP contribution >= 0.6 is 0 Å². The molecule has 1 N–H and O–H groups in total. The van der Waals surface area contributed by atoms with Gasteiger partial charge in [0.2, 0.25) is 0 Å². The molecule has 3 heteroatoms. The van der Waals surface area contributed by atoms with E-state index in [9.17, 15) is 0 Å². The van der Waals surface area contributed by atoms with Gasteiger partial charge in [-0.2, -0.15) is 0 Å². The van der Waals surface area contributed by atoms with E-state index in [0.29, 0.717) is 6.61 Å². The number of hydrogen-bond donors (Lipinski definition) is 1. The molecule has 0 bridgehead atoms.